The van der Waals surface area contributed by atoms with Crippen LogP contribution in [0.1, 0.15) is 33.6 Å². The fourth-order valence-electron chi connectivity index (χ4n) is 1.75. The van der Waals surface area contributed by atoms with Gasteiger partial charge in [-0.1, -0.05) is 34.1 Å². The van der Waals surface area contributed by atoms with Crippen molar-refractivity contribution in [3.05, 3.63) is 30.3 Å². The Labute approximate surface area is 134 Å². The molecule has 0 saturated carbocycles. The van der Waals surface area contributed by atoms with Crippen molar-refractivity contribution in [3.63, 3.8) is 0 Å². The lowest BCUT2D eigenvalue weighted by Gasteiger charge is -2.27. The van der Waals surface area contributed by atoms with Gasteiger partial charge in [-0.25, -0.2) is 4.79 Å². The van der Waals surface area contributed by atoms with Crippen LogP contribution in [0.5, 0.6) is 0 Å². The van der Waals surface area contributed by atoms with E-state index in [1.807, 2.05) is 51.1 Å². The van der Waals surface area contributed by atoms with E-state index in [0.29, 0.717) is 24.7 Å². The van der Waals surface area contributed by atoms with Crippen LogP contribution < -0.4 is 4.90 Å². The first kappa shape index (κ1) is 17.7. The Morgan fingerprint density at radius 2 is 1.81 bits per heavy atom. The van der Waals surface area contributed by atoms with Gasteiger partial charge in [-0.05, 0) is 39.3 Å². The van der Waals surface area contributed by atoms with Gasteiger partial charge in [-0.3, -0.25) is 9.69 Å². The number of nitrogens with zero attached hydrogens (tertiary/aromatic N) is 1. The van der Waals surface area contributed by atoms with Gasteiger partial charge < -0.3 is 4.74 Å². The standard InChI is InChI=1S/C16H22BrNO3/c1-16(2,3)21-15(20)18(11-7-10-14(19)12-17)13-8-5-4-6-9-13/h4-6,8-9H,7,10-12H2,1-3H3. The van der Waals surface area contributed by atoms with Crippen molar-refractivity contribution in [1.29, 1.82) is 0 Å². The normalized spacial score (nSPS) is 11.0. The van der Waals surface area contributed by atoms with Gasteiger partial charge in [-0.15, -0.1) is 0 Å². The van der Waals surface area contributed by atoms with Crippen molar-refractivity contribution in [2.45, 2.75) is 39.2 Å². The smallest absolute Gasteiger partial charge is 0.414 e. The number of ether oxygens (including phenoxy) is 1. The number of rotatable bonds is 6. The van der Waals surface area contributed by atoms with Gasteiger partial charge >= 0.3 is 6.09 Å². The second kappa shape index (κ2) is 8.17. The third-order valence-electron chi connectivity index (χ3n) is 2.67. The summed E-state index contributed by atoms with van der Waals surface area (Å²) in [6, 6.07) is 9.35. The Morgan fingerprint density at radius 1 is 1.19 bits per heavy atom. The van der Waals surface area contributed by atoms with Crippen molar-refractivity contribution >= 4 is 33.5 Å². The molecule has 0 atom stereocenters. The van der Waals surface area contributed by atoms with E-state index >= 15 is 0 Å². The van der Waals surface area contributed by atoms with Crippen LogP contribution in [0.2, 0.25) is 0 Å². The summed E-state index contributed by atoms with van der Waals surface area (Å²) in [5.74, 6) is 0.132. The summed E-state index contributed by atoms with van der Waals surface area (Å²) < 4.78 is 5.43. The summed E-state index contributed by atoms with van der Waals surface area (Å²) in [5, 5.41) is 0.352. The molecule has 21 heavy (non-hydrogen) atoms. The molecule has 0 aliphatic carbocycles. The fourth-order valence-corrected chi connectivity index (χ4v) is 2.03. The van der Waals surface area contributed by atoms with E-state index in [9.17, 15) is 9.59 Å². The predicted octanol–water partition coefficient (Wildman–Crippen LogP) is 4.17. The van der Waals surface area contributed by atoms with Crippen LogP contribution in [0, 0.1) is 0 Å². The maximum absolute atomic E-state index is 12.3. The lowest BCUT2D eigenvalue weighted by Crippen LogP contribution is -2.37. The minimum absolute atomic E-state index is 0.132. The van der Waals surface area contributed by atoms with Crippen LogP contribution >= 0.6 is 15.9 Å². The second-order valence-electron chi connectivity index (χ2n) is 5.74. The molecule has 0 aliphatic rings. The van der Waals surface area contributed by atoms with Crippen LogP contribution in [0.3, 0.4) is 0 Å². The Hall–Kier alpha value is -1.36. The summed E-state index contributed by atoms with van der Waals surface area (Å²) in [6.07, 6.45) is 0.663. The minimum Gasteiger partial charge on any atom is -0.443 e. The SMILES string of the molecule is CC(C)(C)OC(=O)N(CCCC(=O)CBr)c1ccccc1. The molecule has 4 nitrogen and oxygen atoms in total. The topological polar surface area (TPSA) is 46.6 Å². The van der Waals surface area contributed by atoms with Crippen molar-refractivity contribution in [2.24, 2.45) is 0 Å². The lowest BCUT2D eigenvalue weighted by atomic mass is 10.2. The quantitative estimate of drug-likeness (QED) is 0.719. The number of para-hydroxylation sites is 1. The Balaban J connectivity index is 2.76. The summed E-state index contributed by atoms with van der Waals surface area (Å²) in [4.78, 5) is 25.2. The highest BCUT2D eigenvalue weighted by Crippen LogP contribution is 2.18. The number of ketones is 1. The number of halogens is 1. The fraction of sp³-hybridized carbons (Fsp3) is 0.500. The third-order valence-corrected chi connectivity index (χ3v) is 3.29. The molecule has 1 aromatic carbocycles. The first-order valence-corrected chi connectivity index (χ1v) is 8.09. The second-order valence-corrected chi connectivity index (χ2v) is 6.30. The summed E-state index contributed by atoms with van der Waals surface area (Å²) in [7, 11) is 0. The van der Waals surface area contributed by atoms with Crippen LogP contribution in [-0.4, -0.2) is 29.4 Å². The van der Waals surface area contributed by atoms with E-state index < -0.39 is 5.60 Å². The third kappa shape index (κ3) is 6.76. The summed E-state index contributed by atoms with van der Waals surface area (Å²) in [5.41, 5.74) is 0.230. The highest BCUT2D eigenvalue weighted by atomic mass is 79.9. The van der Waals surface area contributed by atoms with E-state index in [1.54, 1.807) is 4.90 Å². The molecule has 0 spiro atoms. The molecule has 1 amide bonds. The highest BCUT2D eigenvalue weighted by molar-refractivity contribution is 9.09. The molecule has 0 aromatic heterocycles. The molecule has 116 valence electrons. The number of alkyl halides is 1. The first-order chi connectivity index (χ1) is 9.83. The molecule has 0 bridgehead atoms. The van der Waals surface area contributed by atoms with Crippen molar-refractivity contribution in [2.75, 3.05) is 16.8 Å². The van der Waals surface area contributed by atoms with E-state index in [4.69, 9.17) is 4.74 Å². The number of carbonyl (C=O) groups is 2. The Bertz CT molecular complexity index is 468. The maximum atomic E-state index is 12.3. The van der Waals surface area contributed by atoms with Crippen molar-refractivity contribution < 1.29 is 14.3 Å². The summed E-state index contributed by atoms with van der Waals surface area (Å²) >= 11 is 3.14. The van der Waals surface area contributed by atoms with Crippen molar-refractivity contribution in [3.8, 4) is 0 Å². The molecule has 0 saturated heterocycles. The largest absolute Gasteiger partial charge is 0.443 e. The van der Waals surface area contributed by atoms with Gasteiger partial charge in [0, 0.05) is 18.7 Å². The number of anilines is 1. The molecule has 5 heteroatoms. The summed E-state index contributed by atoms with van der Waals surface area (Å²) in [6.45, 7) is 5.96. The average Bonchev–Trinajstić information content (AvgIpc) is 2.42. The number of Topliss-reactive ketones (excluding diaryl/α,β-unsaturated/α-hetero) is 1. The van der Waals surface area contributed by atoms with Gasteiger partial charge in [0.05, 0.1) is 5.33 Å². The van der Waals surface area contributed by atoms with Gasteiger partial charge in [0.1, 0.15) is 11.4 Å². The molecule has 1 rings (SSSR count). The Morgan fingerprint density at radius 3 is 2.33 bits per heavy atom. The van der Waals surface area contributed by atoms with Gasteiger partial charge in [0.25, 0.3) is 0 Å². The molecule has 0 aliphatic heterocycles. The van der Waals surface area contributed by atoms with Gasteiger partial charge in [-0.2, -0.15) is 0 Å². The van der Waals surface area contributed by atoms with Crippen LogP contribution in [0.15, 0.2) is 30.3 Å². The van der Waals surface area contributed by atoms with E-state index in [2.05, 4.69) is 15.9 Å². The molecule has 0 unspecified atom stereocenters. The van der Waals surface area contributed by atoms with E-state index in [-0.39, 0.29) is 11.9 Å². The average molecular weight is 356 g/mol. The maximum Gasteiger partial charge on any atom is 0.414 e. The molecular weight excluding hydrogens is 334 g/mol. The number of hydrogen-bond donors (Lipinski definition) is 0. The van der Waals surface area contributed by atoms with Crippen LogP contribution in [-0.2, 0) is 9.53 Å². The van der Waals surface area contributed by atoms with E-state index in [0.717, 1.165) is 5.69 Å². The van der Waals surface area contributed by atoms with Gasteiger partial charge in [0.15, 0.2) is 0 Å². The molecule has 0 radical (unpaired) electrons. The zero-order valence-corrected chi connectivity index (χ0v) is 14.4. The molecule has 0 N–H and O–H groups in total. The Kier molecular flexibility index (Phi) is 6.89. The highest BCUT2D eigenvalue weighted by Gasteiger charge is 2.23. The zero-order chi connectivity index (χ0) is 15.9. The molecule has 1 aromatic rings. The number of carbonyl (C=O) groups excluding carboxylic acids is 2. The molecule has 0 fully saturated rings. The number of hydrogen-bond acceptors (Lipinski definition) is 3. The first-order valence-electron chi connectivity index (χ1n) is 6.96. The lowest BCUT2D eigenvalue weighted by molar-refractivity contribution is -0.116. The number of amides is 1. The van der Waals surface area contributed by atoms with Crippen LogP contribution in [0.4, 0.5) is 10.5 Å². The minimum atomic E-state index is -0.546. The van der Waals surface area contributed by atoms with Crippen molar-refractivity contribution in [1.82, 2.24) is 0 Å². The van der Waals surface area contributed by atoms with Gasteiger partial charge in [0.2, 0.25) is 0 Å². The predicted molar refractivity (Wildman–Crippen MR) is 88.1 cm³/mol. The van der Waals surface area contributed by atoms with E-state index in [1.165, 1.54) is 0 Å². The van der Waals surface area contributed by atoms with Crippen LogP contribution in [0.25, 0.3) is 0 Å². The molecule has 0 heterocycles. The molecular formula is C16H22BrNO3. The number of benzene rings is 1. The zero-order valence-electron chi connectivity index (χ0n) is 12.8. The monoisotopic (exact) mass is 355 g/mol.